The van der Waals surface area contributed by atoms with Gasteiger partial charge in [-0.15, -0.1) is 0 Å². The predicted octanol–water partition coefficient (Wildman–Crippen LogP) is 4.49. The second-order valence-corrected chi connectivity index (χ2v) is 7.36. The van der Waals surface area contributed by atoms with E-state index in [4.69, 9.17) is 13.9 Å². The molecule has 0 bridgehead atoms. The summed E-state index contributed by atoms with van der Waals surface area (Å²) in [5, 5.41) is 8.66. The van der Waals surface area contributed by atoms with Gasteiger partial charge in [-0.05, 0) is 31.2 Å². The number of nitrogens with one attached hydrogen (secondary N) is 2. The molecular formula is C25H23N3O5. The Morgan fingerprint density at radius 1 is 0.939 bits per heavy atom. The highest BCUT2D eigenvalue weighted by molar-refractivity contribution is 6.10. The third-order valence-corrected chi connectivity index (χ3v) is 4.87. The standard InChI is InChI=1S/C25H23N3O5/c1-16(27-28-25(30)15-32-17-8-4-3-5-9-17)12-24(29)26-20-14-22-19(13-23(20)31-2)18-10-6-7-11-21(18)33-22/h3-11,13-14H,12,15H2,1-2H3,(H,26,29)(H,28,30)/b27-16-. The average Bonchev–Trinajstić information content (AvgIpc) is 3.18. The third-order valence-electron chi connectivity index (χ3n) is 4.87. The van der Waals surface area contributed by atoms with Gasteiger partial charge in [0.25, 0.3) is 5.91 Å². The summed E-state index contributed by atoms with van der Waals surface area (Å²) in [4.78, 5) is 24.4. The van der Waals surface area contributed by atoms with Gasteiger partial charge in [0.2, 0.25) is 5.91 Å². The SMILES string of the molecule is COc1cc2c(cc1NC(=O)C/C(C)=N\NC(=O)COc1ccccc1)oc1ccccc12. The first-order valence-corrected chi connectivity index (χ1v) is 10.3. The van der Waals surface area contributed by atoms with E-state index in [1.165, 1.54) is 0 Å². The lowest BCUT2D eigenvalue weighted by molar-refractivity contribution is -0.123. The first kappa shape index (κ1) is 21.9. The van der Waals surface area contributed by atoms with Crippen LogP contribution >= 0.6 is 0 Å². The first-order chi connectivity index (χ1) is 16.0. The van der Waals surface area contributed by atoms with Gasteiger partial charge >= 0.3 is 0 Å². The van der Waals surface area contributed by atoms with E-state index in [9.17, 15) is 9.59 Å². The number of carbonyl (C=O) groups is 2. The van der Waals surface area contributed by atoms with Crippen molar-refractivity contribution in [2.24, 2.45) is 5.10 Å². The minimum Gasteiger partial charge on any atom is -0.495 e. The van der Waals surface area contributed by atoms with E-state index in [0.29, 0.717) is 28.5 Å². The van der Waals surface area contributed by atoms with E-state index >= 15 is 0 Å². The summed E-state index contributed by atoms with van der Waals surface area (Å²) in [5.41, 5.74) is 4.71. The van der Waals surface area contributed by atoms with E-state index in [1.807, 2.05) is 48.5 Å². The lowest BCUT2D eigenvalue weighted by atomic mass is 10.1. The molecule has 2 N–H and O–H groups in total. The molecule has 0 aliphatic rings. The summed E-state index contributed by atoms with van der Waals surface area (Å²) >= 11 is 0. The highest BCUT2D eigenvalue weighted by atomic mass is 16.5. The van der Waals surface area contributed by atoms with Gasteiger partial charge in [-0.3, -0.25) is 9.59 Å². The molecule has 0 radical (unpaired) electrons. The van der Waals surface area contributed by atoms with Gasteiger partial charge in [0, 0.05) is 22.6 Å². The zero-order valence-electron chi connectivity index (χ0n) is 18.3. The molecule has 0 aliphatic heterocycles. The highest BCUT2D eigenvalue weighted by Crippen LogP contribution is 2.36. The Morgan fingerprint density at radius 2 is 1.70 bits per heavy atom. The molecule has 1 heterocycles. The van der Waals surface area contributed by atoms with Gasteiger partial charge in [0.1, 0.15) is 22.7 Å². The van der Waals surface area contributed by atoms with Crippen LogP contribution < -0.4 is 20.2 Å². The van der Waals surface area contributed by atoms with Crippen LogP contribution in [0.15, 0.2) is 76.2 Å². The molecule has 4 rings (SSSR count). The number of nitrogens with zero attached hydrogens (tertiary/aromatic N) is 1. The van der Waals surface area contributed by atoms with Crippen molar-refractivity contribution in [3.05, 3.63) is 66.7 Å². The normalized spacial score (nSPS) is 11.4. The third kappa shape index (κ3) is 5.30. The summed E-state index contributed by atoms with van der Waals surface area (Å²) in [5.74, 6) is 0.377. The minimum atomic E-state index is -0.421. The molecule has 33 heavy (non-hydrogen) atoms. The molecule has 0 aliphatic carbocycles. The topological polar surface area (TPSA) is 102 Å². The monoisotopic (exact) mass is 445 g/mol. The molecule has 8 nitrogen and oxygen atoms in total. The maximum absolute atomic E-state index is 12.5. The van der Waals surface area contributed by atoms with Gasteiger partial charge in [-0.2, -0.15) is 5.10 Å². The fraction of sp³-hybridized carbons (Fsp3) is 0.160. The van der Waals surface area contributed by atoms with E-state index in [1.54, 1.807) is 32.2 Å². The van der Waals surface area contributed by atoms with E-state index < -0.39 is 5.91 Å². The molecule has 8 heteroatoms. The Bertz CT molecular complexity index is 1330. The Hall–Kier alpha value is -4.33. The van der Waals surface area contributed by atoms with Crippen LogP contribution in [0.3, 0.4) is 0 Å². The van der Waals surface area contributed by atoms with Crippen LogP contribution in [0.2, 0.25) is 0 Å². The number of rotatable bonds is 8. The van der Waals surface area contributed by atoms with Crippen LogP contribution in [0.4, 0.5) is 5.69 Å². The molecule has 2 amide bonds. The van der Waals surface area contributed by atoms with Crippen molar-refractivity contribution in [3.63, 3.8) is 0 Å². The molecule has 4 aromatic rings. The molecule has 1 aromatic heterocycles. The summed E-state index contributed by atoms with van der Waals surface area (Å²) in [6, 6.07) is 20.3. The fourth-order valence-corrected chi connectivity index (χ4v) is 3.34. The van der Waals surface area contributed by atoms with Crippen molar-refractivity contribution in [1.29, 1.82) is 0 Å². The Morgan fingerprint density at radius 3 is 2.48 bits per heavy atom. The van der Waals surface area contributed by atoms with Crippen LogP contribution in [0.5, 0.6) is 11.5 Å². The molecule has 0 atom stereocenters. The number of hydrazone groups is 1. The van der Waals surface area contributed by atoms with Crippen molar-refractivity contribution < 1.29 is 23.5 Å². The fourth-order valence-electron chi connectivity index (χ4n) is 3.34. The predicted molar refractivity (Wildman–Crippen MR) is 127 cm³/mol. The first-order valence-electron chi connectivity index (χ1n) is 10.3. The van der Waals surface area contributed by atoms with Gasteiger partial charge in [0.15, 0.2) is 6.61 Å². The van der Waals surface area contributed by atoms with Crippen molar-refractivity contribution in [1.82, 2.24) is 5.43 Å². The number of carbonyl (C=O) groups excluding carboxylic acids is 2. The highest BCUT2D eigenvalue weighted by Gasteiger charge is 2.14. The largest absolute Gasteiger partial charge is 0.495 e. The van der Waals surface area contributed by atoms with Gasteiger partial charge < -0.3 is 19.2 Å². The van der Waals surface area contributed by atoms with Crippen molar-refractivity contribution in [2.75, 3.05) is 19.0 Å². The van der Waals surface area contributed by atoms with E-state index in [-0.39, 0.29) is 18.9 Å². The van der Waals surface area contributed by atoms with Crippen LogP contribution in [-0.4, -0.2) is 31.2 Å². The molecule has 0 saturated carbocycles. The zero-order chi connectivity index (χ0) is 23.2. The lowest BCUT2D eigenvalue weighted by Crippen LogP contribution is -2.26. The number of ether oxygens (including phenoxy) is 2. The Kier molecular flexibility index (Phi) is 6.54. The number of anilines is 1. The quantitative estimate of drug-likeness (QED) is 0.307. The number of para-hydroxylation sites is 2. The average molecular weight is 445 g/mol. The number of hydrogen-bond acceptors (Lipinski definition) is 6. The number of methoxy groups -OCH3 is 1. The number of fused-ring (bicyclic) bond motifs is 3. The minimum absolute atomic E-state index is 0.0128. The Labute approximate surface area is 190 Å². The number of benzene rings is 3. The molecular weight excluding hydrogens is 422 g/mol. The second-order valence-electron chi connectivity index (χ2n) is 7.36. The summed E-state index contributed by atoms with van der Waals surface area (Å²) in [6.07, 6.45) is -0.0128. The van der Waals surface area contributed by atoms with Crippen LogP contribution in [-0.2, 0) is 9.59 Å². The molecule has 168 valence electrons. The van der Waals surface area contributed by atoms with Gasteiger partial charge in [0.05, 0.1) is 19.2 Å². The van der Waals surface area contributed by atoms with E-state index in [2.05, 4.69) is 15.8 Å². The summed E-state index contributed by atoms with van der Waals surface area (Å²) in [7, 11) is 1.54. The van der Waals surface area contributed by atoms with E-state index in [0.717, 1.165) is 16.4 Å². The Balaban J connectivity index is 1.37. The van der Waals surface area contributed by atoms with Gasteiger partial charge in [-0.25, -0.2) is 5.43 Å². The number of furan rings is 1. The number of amides is 2. The van der Waals surface area contributed by atoms with Crippen molar-refractivity contribution in [3.8, 4) is 11.5 Å². The molecule has 0 spiro atoms. The van der Waals surface area contributed by atoms with Crippen molar-refractivity contribution >= 4 is 45.2 Å². The van der Waals surface area contributed by atoms with Crippen LogP contribution in [0, 0.1) is 0 Å². The lowest BCUT2D eigenvalue weighted by Gasteiger charge is -2.10. The maximum Gasteiger partial charge on any atom is 0.277 e. The van der Waals surface area contributed by atoms with Crippen LogP contribution in [0.25, 0.3) is 21.9 Å². The second kappa shape index (κ2) is 9.86. The zero-order valence-corrected chi connectivity index (χ0v) is 18.3. The smallest absolute Gasteiger partial charge is 0.277 e. The number of hydrogen-bond donors (Lipinski definition) is 2. The van der Waals surface area contributed by atoms with Crippen LogP contribution in [0.1, 0.15) is 13.3 Å². The summed E-state index contributed by atoms with van der Waals surface area (Å²) in [6.45, 7) is 1.47. The molecule has 0 unspecified atom stereocenters. The summed E-state index contributed by atoms with van der Waals surface area (Å²) < 4.78 is 16.7. The molecule has 3 aromatic carbocycles. The van der Waals surface area contributed by atoms with Crippen molar-refractivity contribution in [2.45, 2.75) is 13.3 Å². The molecule has 0 fully saturated rings. The molecule has 0 saturated heterocycles. The maximum atomic E-state index is 12.5. The van der Waals surface area contributed by atoms with Gasteiger partial charge in [-0.1, -0.05) is 36.4 Å².